The Morgan fingerprint density at radius 1 is 0.912 bits per heavy atom. The van der Waals surface area contributed by atoms with Gasteiger partial charge < -0.3 is 11.1 Å². The molecule has 3 aromatic heterocycles. The van der Waals surface area contributed by atoms with Crippen molar-refractivity contribution in [2.45, 2.75) is 19.9 Å². The molecule has 1 unspecified atom stereocenters. The van der Waals surface area contributed by atoms with E-state index in [0.29, 0.717) is 6.54 Å². The molecule has 1 atom stereocenters. The summed E-state index contributed by atoms with van der Waals surface area (Å²) in [4.78, 5) is 10.5. The number of hydrogen-bond acceptors (Lipinski definition) is 5. The fourth-order valence-corrected chi connectivity index (χ4v) is 5.27. The number of rotatable bonds is 7. The van der Waals surface area contributed by atoms with Crippen molar-refractivity contribution in [1.82, 2.24) is 9.97 Å². The third kappa shape index (κ3) is 4.45. The zero-order valence-electron chi connectivity index (χ0n) is 19.4. The molecule has 3 heterocycles. The number of benzene rings is 2. The van der Waals surface area contributed by atoms with Gasteiger partial charge in [0, 0.05) is 51.8 Å². The molecule has 5 rings (SSSR count). The van der Waals surface area contributed by atoms with E-state index in [2.05, 4.69) is 78.1 Å². The van der Waals surface area contributed by atoms with E-state index in [0.717, 1.165) is 28.2 Å². The number of nitrogens with two attached hydrogens (primary N) is 1. The molecule has 0 radical (unpaired) electrons. The average molecular weight is 465 g/mol. The Morgan fingerprint density at radius 2 is 1.65 bits per heavy atom. The van der Waals surface area contributed by atoms with Crippen LogP contribution in [0, 0.1) is 5.41 Å². The first-order chi connectivity index (χ1) is 16.5. The van der Waals surface area contributed by atoms with E-state index in [1.807, 2.05) is 42.7 Å². The topological polar surface area (TPSA) is 63.8 Å². The summed E-state index contributed by atoms with van der Waals surface area (Å²) in [6, 6.07) is 27.0. The Morgan fingerprint density at radius 3 is 2.44 bits per heavy atom. The number of aromatic nitrogens is 2. The predicted octanol–water partition coefficient (Wildman–Crippen LogP) is 7.16. The standard InChI is InChI=1S/C29H28N4S/c1-29(2,28(30)21-8-4-3-5-9-21)19-32-25-13-12-24(26(33-25)20-14-16-31-17-15-20)27-23-11-7-6-10-22(23)18-34-27/h3-18,28H,19,30H2,1-2H3,(H,32,33). The Hall–Kier alpha value is -3.54. The van der Waals surface area contributed by atoms with Crippen LogP contribution in [0.4, 0.5) is 5.82 Å². The van der Waals surface area contributed by atoms with Crippen molar-refractivity contribution in [3.8, 4) is 21.7 Å². The van der Waals surface area contributed by atoms with Crippen molar-refractivity contribution in [2.24, 2.45) is 11.1 Å². The lowest BCUT2D eigenvalue weighted by molar-refractivity contribution is 0.310. The van der Waals surface area contributed by atoms with Gasteiger partial charge >= 0.3 is 0 Å². The van der Waals surface area contributed by atoms with E-state index >= 15 is 0 Å². The van der Waals surface area contributed by atoms with Gasteiger partial charge in [-0.25, -0.2) is 4.98 Å². The molecule has 0 bridgehead atoms. The molecule has 5 aromatic rings. The van der Waals surface area contributed by atoms with Crippen LogP contribution in [0.1, 0.15) is 25.5 Å². The maximum Gasteiger partial charge on any atom is 0.126 e. The first kappa shape index (κ1) is 22.3. The number of anilines is 1. The molecule has 4 nitrogen and oxygen atoms in total. The van der Waals surface area contributed by atoms with Gasteiger partial charge in [-0.2, -0.15) is 0 Å². The molecule has 0 saturated heterocycles. The quantitative estimate of drug-likeness (QED) is 0.268. The maximum absolute atomic E-state index is 6.63. The minimum atomic E-state index is -0.164. The molecule has 0 aliphatic rings. The first-order valence-electron chi connectivity index (χ1n) is 11.5. The Bertz CT molecular complexity index is 1390. The number of nitrogens with zero attached hydrogens (tertiary/aromatic N) is 2. The molecule has 0 saturated carbocycles. The number of pyridine rings is 2. The molecule has 170 valence electrons. The lowest BCUT2D eigenvalue weighted by atomic mass is 9.81. The highest BCUT2D eigenvalue weighted by atomic mass is 32.1. The molecule has 34 heavy (non-hydrogen) atoms. The predicted molar refractivity (Wildman–Crippen MR) is 144 cm³/mol. The average Bonchev–Trinajstić information content (AvgIpc) is 3.32. The van der Waals surface area contributed by atoms with E-state index < -0.39 is 0 Å². The number of fused-ring (bicyclic) bond motifs is 1. The van der Waals surface area contributed by atoms with E-state index in [1.165, 1.54) is 15.6 Å². The van der Waals surface area contributed by atoms with Crippen LogP contribution in [-0.2, 0) is 0 Å². The summed E-state index contributed by atoms with van der Waals surface area (Å²) in [6.07, 6.45) is 3.63. The molecule has 0 aliphatic heterocycles. The number of hydrogen-bond donors (Lipinski definition) is 2. The lowest BCUT2D eigenvalue weighted by Gasteiger charge is -2.32. The van der Waals surface area contributed by atoms with Gasteiger partial charge in [0.2, 0.25) is 0 Å². The van der Waals surface area contributed by atoms with Crippen molar-refractivity contribution >= 4 is 27.9 Å². The minimum absolute atomic E-state index is 0.0855. The second-order valence-corrected chi connectivity index (χ2v) is 10.1. The van der Waals surface area contributed by atoms with Crippen molar-refractivity contribution in [2.75, 3.05) is 11.9 Å². The third-order valence-corrected chi connectivity index (χ3v) is 7.38. The van der Waals surface area contributed by atoms with Crippen LogP contribution in [0.5, 0.6) is 0 Å². The van der Waals surface area contributed by atoms with Gasteiger partial charge in [-0.3, -0.25) is 4.98 Å². The molecule has 0 fully saturated rings. The van der Waals surface area contributed by atoms with E-state index in [4.69, 9.17) is 10.7 Å². The lowest BCUT2D eigenvalue weighted by Crippen LogP contribution is -2.35. The van der Waals surface area contributed by atoms with E-state index in [9.17, 15) is 0 Å². The summed E-state index contributed by atoms with van der Waals surface area (Å²) in [5.41, 5.74) is 10.7. The van der Waals surface area contributed by atoms with Crippen LogP contribution in [-0.4, -0.2) is 16.5 Å². The van der Waals surface area contributed by atoms with Gasteiger partial charge in [-0.15, -0.1) is 11.3 Å². The minimum Gasteiger partial charge on any atom is -0.369 e. The van der Waals surface area contributed by atoms with Crippen LogP contribution < -0.4 is 11.1 Å². The highest BCUT2D eigenvalue weighted by molar-refractivity contribution is 7.15. The number of thiophene rings is 1. The zero-order chi connectivity index (χ0) is 23.5. The molecule has 0 aliphatic carbocycles. The summed E-state index contributed by atoms with van der Waals surface area (Å²) in [5, 5.41) is 8.26. The van der Waals surface area contributed by atoms with E-state index in [-0.39, 0.29) is 11.5 Å². The second kappa shape index (κ2) is 9.37. The Balaban J connectivity index is 1.48. The Labute approximate surface area is 204 Å². The van der Waals surface area contributed by atoms with Crippen molar-refractivity contribution < 1.29 is 0 Å². The summed E-state index contributed by atoms with van der Waals surface area (Å²) in [6.45, 7) is 5.08. The van der Waals surface area contributed by atoms with Gasteiger partial charge in [-0.05, 0) is 40.6 Å². The van der Waals surface area contributed by atoms with Crippen LogP contribution in [0.3, 0.4) is 0 Å². The van der Waals surface area contributed by atoms with Crippen LogP contribution in [0.2, 0.25) is 0 Å². The molecule has 0 amide bonds. The van der Waals surface area contributed by atoms with Gasteiger partial charge in [0.05, 0.1) is 5.69 Å². The highest BCUT2D eigenvalue weighted by Crippen LogP contribution is 2.40. The van der Waals surface area contributed by atoms with Crippen LogP contribution in [0.25, 0.3) is 32.5 Å². The van der Waals surface area contributed by atoms with Crippen molar-refractivity contribution in [1.29, 1.82) is 0 Å². The van der Waals surface area contributed by atoms with Gasteiger partial charge in [0.25, 0.3) is 0 Å². The smallest absolute Gasteiger partial charge is 0.126 e. The van der Waals surface area contributed by atoms with Crippen molar-refractivity contribution in [3.05, 3.63) is 102 Å². The highest BCUT2D eigenvalue weighted by Gasteiger charge is 2.28. The van der Waals surface area contributed by atoms with E-state index in [1.54, 1.807) is 11.3 Å². The largest absolute Gasteiger partial charge is 0.369 e. The zero-order valence-corrected chi connectivity index (χ0v) is 20.2. The molecular weight excluding hydrogens is 436 g/mol. The second-order valence-electron chi connectivity index (χ2n) is 9.21. The van der Waals surface area contributed by atoms with Crippen LogP contribution in [0.15, 0.2) is 96.6 Å². The van der Waals surface area contributed by atoms with Gasteiger partial charge in [0.15, 0.2) is 0 Å². The monoisotopic (exact) mass is 464 g/mol. The number of nitrogens with one attached hydrogen (secondary N) is 1. The molecule has 2 aromatic carbocycles. The fraction of sp³-hybridized carbons (Fsp3) is 0.172. The first-order valence-corrected chi connectivity index (χ1v) is 12.3. The molecule has 3 N–H and O–H groups in total. The van der Waals surface area contributed by atoms with Crippen LogP contribution >= 0.6 is 11.3 Å². The summed E-state index contributed by atoms with van der Waals surface area (Å²) in [7, 11) is 0. The SMILES string of the molecule is CC(C)(CNc1ccc(-c2scc3ccccc23)c(-c2ccncc2)n1)C(N)c1ccccc1. The normalized spacial score (nSPS) is 12.6. The summed E-state index contributed by atoms with van der Waals surface area (Å²) < 4.78 is 0. The molecular formula is C29H28N4S. The Kier molecular flexibility index (Phi) is 6.14. The molecule has 0 spiro atoms. The maximum atomic E-state index is 6.63. The molecule has 5 heteroatoms. The summed E-state index contributed by atoms with van der Waals surface area (Å²) in [5.74, 6) is 0.838. The fourth-order valence-electron chi connectivity index (χ4n) is 4.21. The van der Waals surface area contributed by atoms with Crippen molar-refractivity contribution in [3.63, 3.8) is 0 Å². The van der Waals surface area contributed by atoms with Gasteiger partial charge in [0.1, 0.15) is 5.82 Å². The van der Waals surface area contributed by atoms with Gasteiger partial charge in [-0.1, -0.05) is 68.4 Å². The third-order valence-electron chi connectivity index (χ3n) is 6.33. The summed E-state index contributed by atoms with van der Waals surface area (Å²) >= 11 is 1.76.